The van der Waals surface area contributed by atoms with Crippen LogP contribution in [0.1, 0.15) is 31.9 Å². The van der Waals surface area contributed by atoms with E-state index in [1.807, 2.05) is 6.92 Å². The van der Waals surface area contributed by atoms with Crippen molar-refractivity contribution in [2.45, 2.75) is 33.1 Å². The highest BCUT2D eigenvalue weighted by Crippen LogP contribution is 2.31. The first-order chi connectivity index (χ1) is 8.16. The molecule has 5 heteroatoms. The van der Waals surface area contributed by atoms with Gasteiger partial charge >= 0.3 is 0 Å². The van der Waals surface area contributed by atoms with Crippen molar-refractivity contribution in [2.75, 3.05) is 18.4 Å². The van der Waals surface area contributed by atoms with E-state index in [0.717, 1.165) is 38.0 Å². The second kappa shape index (κ2) is 4.87. The molecule has 1 amide bonds. The van der Waals surface area contributed by atoms with Gasteiger partial charge in [0.2, 0.25) is 11.8 Å². The number of nitrogens with one attached hydrogen (secondary N) is 2. The standard InChI is InChI=1S/C12H19N3O2/c1-3-12(5-4-6-13-8-12)11(16)14-10-7-9(2)15-17-10/h7,13H,3-6,8H2,1-2H3,(H,14,16). The van der Waals surface area contributed by atoms with Gasteiger partial charge in [-0.25, -0.2) is 0 Å². The third-order valence-corrected chi connectivity index (χ3v) is 3.50. The lowest BCUT2D eigenvalue weighted by atomic mass is 9.77. The average molecular weight is 237 g/mol. The predicted molar refractivity (Wildman–Crippen MR) is 64.7 cm³/mol. The molecule has 0 bridgehead atoms. The van der Waals surface area contributed by atoms with E-state index in [9.17, 15) is 4.79 Å². The van der Waals surface area contributed by atoms with Gasteiger partial charge in [0.1, 0.15) is 0 Å². The number of carbonyl (C=O) groups is 1. The summed E-state index contributed by atoms with van der Waals surface area (Å²) in [5.41, 5.74) is 0.464. The zero-order valence-corrected chi connectivity index (χ0v) is 10.4. The first-order valence-corrected chi connectivity index (χ1v) is 6.12. The van der Waals surface area contributed by atoms with Gasteiger partial charge in [-0.2, -0.15) is 0 Å². The maximum absolute atomic E-state index is 12.3. The summed E-state index contributed by atoms with van der Waals surface area (Å²) in [6, 6.07) is 1.73. The highest BCUT2D eigenvalue weighted by Gasteiger charge is 2.38. The fourth-order valence-corrected chi connectivity index (χ4v) is 2.29. The SMILES string of the molecule is CCC1(C(=O)Nc2cc(C)no2)CCCNC1. The Labute approximate surface area is 101 Å². The number of amides is 1. The summed E-state index contributed by atoms with van der Waals surface area (Å²) >= 11 is 0. The van der Waals surface area contributed by atoms with Gasteiger partial charge in [-0.15, -0.1) is 0 Å². The number of aromatic nitrogens is 1. The predicted octanol–water partition coefficient (Wildman–Crippen LogP) is 1.70. The van der Waals surface area contributed by atoms with Crippen LogP contribution < -0.4 is 10.6 Å². The number of hydrogen-bond donors (Lipinski definition) is 2. The molecular formula is C12H19N3O2. The van der Waals surface area contributed by atoms with Crippen LogP contribution in [0.25, 0.3) is 0 Å². The Morgan fingerprint density at radius 1 is 1.71 bits per heavy atom. The van der Waals surface area contributed by atoms with Gasteiger partial charge in [0.15, 0.2) is 0 Å². The second-order valence-electron chi connectivity index (χ2n) is 4.70. The number of carbonyl (C=O) groups excluding carboxylic acids is 1. The van der Waals surface area contributed by atoms with Crippen LogP contribution in [0.15, 0.2) is 10.6 Å². The summed E-state index contributed by atoms with van der Waals surface area (Å²) in [4.78, 5) is 12.3. The van der Waals surface area contributed by atoms with Gasteiger partial charge in [0.25, 0.3) is 0 Å². The van der Waals surface area contributed by atoms with Crippen molar-refractivity contribution in [3.8, 4) is 0 Å². The van der Waals surface area contributed by atoms with Crippen LogP contribution in [0.5, 0.6) is 0 Å². The molecule has 0 saturated carbocycles. The van der Waals surface area contributed by atoms with Gasteiger partial charge in [-0.05, 0) is 32.7 Å². The molecule has 0 aliphatic carbocycles. The Kier molecular flexibility index (Phi) is 3.47. The van der Waals surface area contributed by atoms with E-state index in [1.54, 1.807) is 6.07 Å². The summed E-state index contributed by atoms with van der Waals surface area (Å²) < 4.78 is 5.01. The van der Waals surface area contributed by atoms with Crippen LogP contribution in [0.2, 0.25) is 0 Å². The lowest BCUT2D eigenvalue weighted by Gasteiger charge is -2.34. The monoisotopic (exact) mass is 237 g/mol. The van der Waals surface area contributed by atoms with Crippen LogP contribution >= 0.6 is 0 Å². The molecule has 1 aromatic rings. The van der Waals surface area contributed by atoms with Crippen molar-refractivity contribution >= 4 is 11.8 Å². The molecule has 1 aliphatic rings. The summed E-state index contributed by atoms with van der Waals surface area (Å²) in [5, 5.41) is 9.87. The van der Waals surface area contributed by atoms with E-state index >= 15 is 0 Å². The smallest absolute Gasteiger partial charge is 0.234 e. The number of aryl methyl sites for hydroxylation is 1. The third-order valence-electron chi connectivity index (χ3n) is 3.50. The van der Waals surface area contributed by atoms with E-state index in [2.05, 4.69) is 22.7 Å². The fraction of sp³-hybridized carbons (Fsp3) is 0.667. The summed E-state index contributed by atoms with van der Waals surface area (Å²) in [7, 11) is 0. The fourth-order valence-electron chi connectivity index (χ4n) is 2.29. The van der Waals surface area contributed by atoms with Crippen molar-refractivity contribution in [2.24, 2.45) is 5.41 Å². The Hall–Kier alpha value is -1.36. The molecular weight excluding hydrogens is 218 g/mol. The number of piperidine rings is 1. The van der Waals surface area contributed by atoms with Crippen molar-refractivity contribution in [1.29, 1.82) is 0 Å². The molecule has 17 heavy (non-hydrogen) atoms. The number of nitrogens with zero attached hydrogens (tertiary/aromatic N) is 1. The quantitative estimate of drug-likeness (QED) is 0.839. The lowest BCUT2D eigenvalue weighted by molar-refractivity contribution is -0.126. The maximum atomic E-state index is 12.3. The molecule has 1 fully saturated rings. The average Bonchev–Trinajstić information content (AvgIpc) is 2.75. The molecule has 2 rings (SSSR count). The van der Waals surface area contributed by atoms with E-state index < -0.39 is 0 Å². The van der Waals surface area contributed by atoms with Crippen molar-refractivity contribution < 1.29 is 9.32 Å². The van der Waals surface area contributed by atoms with Crippen molar-refractivity contribution in [3.63, 3.8) is 0 Å². The first-order valence-electron chi connectivity index (χ1n) is 6.12. The van der Waals surface area contributed by atoms with Crippen LogP contribution in [0.3, 0.4) is 0 Å². The number of hydrogen-bond acceptors (Lipinski definition) is 4. The number of rotatable bonds is 3. The first kappa shape index (κ1) is 12.1. The van der Waals surface area contributed by atoms with Gasteiger partial charge in [0, 0.05) is 12.6 Å². The van der Waals surface area contributed by atoms with Crippen LogP contribution in [0, 0.1) is 12.3 Å². The molecule has 94 valence electrons. The van der Waals surface area contributed by atoms with Gasteiger partial charge in [-0.3, -0.25) is 10.1 Å². The molecule has 5 nitrogen and oxygen atoms in total. The molecule has 1 atom stereocenters. The van der Waals surface area contributed by atoms with Gasteiger partial charge < -0.3 is 9.84 Å². The third kappa shape index (κ3) is 2.49. The molecule has 0 spiro atoms. The van der Waals surface area contributed by atoms with Gasteiger partial charge in [-0.1, -0.05) is 12.1 Å². The molecule has 0 radical (unpaired) electrons. The molecule has 1 aliphatic heterocycles. The molecule has 2 N–H and O–H groups in total. The van der Waals surface area contributed by atoms with Gasteiger partial charge in [0.05, 0.1) is 11.1 Å². The largest absolute Gasteiger partial charge is 0.338 e. The Bertz CT molecular complexity index is 394. The summed E-state index contributed by atoms with van der Waals surface area (Å²) in [6.45, 7) is 5.62. The summed E-state index contributed by atoms with van der Waals surface area (Å²) in [6.07, 6.45) is 2.80. The molecule has 1 saturated heterocycles. The molecule has 0 aromatic carbocycles. The summed E-state index contributed by atoms with van der Waals surface area (Å²) in [5.74, 6) is 0.467. The topological polar surface area (TPSA) is 67.2 Å². The van der Waals surface area contributed by atoms with Crippen molar-refractivity contribution in [1.82, 2.24) is 10.5 Å². The minimum absolute atomic E-state index is 0.0309. The second-order valence-corrected chi connectivity index (χ2v) is 4.70. The van der Waals surface area contributed by atoms with Crippen LogP contribution in [-0.2, 0) is 4.79 Å². The zero-order valence-electron chi connectivity index (χ0n) is 10.4. The normalized spacial score (nSPS) is 24.6. The van der Waals surface area contributed by atoms with E-state index in [4.69, 9.17) is 4.52 Å². The Morgan fingerprint density at radius 3 is 3.06 bits per heavy atom. The molecule has 2 heterocycles. The number of anilines is 1. The van der Waals surface area contributed by atoms with E-state index in [-0.39, 0.29) is 11.3 Å². The van der Waals surface area contributed by atoms with Crippen molar-refractivity contribution in [3.05, 3.63) is 11.8 Å². The van der Waals surface area contributed by atoms with Crippen LogP contribution in [0.4, 0.5) is 5.88 Å². The molecule has 1 aromatic heterocycles. The highest BCUT2D eigenvalue weighted by molar-refractivity contribution is 5.94. The highest BCUT2D eigenvalue weighted by atomic mass is 16.5. The zero-order chi connectivity index (χ0) is 12.3. The van der Waals surface area contributed by atoms with E-state index in [1.165, 1.54) is 0 Å². The maximum Gasteiger partial charge on any atom is 0.234 e. The van der Waals surface area contributed by atoms with E-state index in [0.29, 0.717) is 5.88 Å². The van der Waals surface area contributed by atoms with Crippen LogP contribution in [-0.4, -0.2) is 24.2 Å². The minimum Gasteiger partial charge on any atom is -0.338 e. The lowest BCUT2D eigenvalue weighted by Crippen LogP contribution is -2.47. The minimum atomic E-state index is -0.307. The Morgan fingerprint density at radius 2 is 2.53 bits per heavy atom. The Balaban J connectivity index is 2.07. The molecule has 1 unspecified atom stereocenters.